The quantitative estimate of drug-likeness (QED) is 0.662. The second-order valence-electron chi connectivity index (χ2n) is 3.54. The van der Waals surface area contributed by atoms with Crippen molar-refractivity contribution >= 4 is 0 Å². The molecule has 0 aromatic rings. The van der Waals surface area contributed by atoms with Gasteiger partial charge in [-0.3, -0.25) is 0 Å². The van der Waals surface area contributed by atoms with E-state index in [1.54, 1.807) is 0 Å². The molecule has 0 unspecified atom stereocenters. The van der Waals surface area contributed by atoms with Gasteiger partial charge in [0.1, 0.15) is 0 Å². The van der Waals surface area contributed by atoms with Crippen LogP contribution in [0, 0.1) is 5.92 Å². The van der Waals surface area contributed by atoms with Crippen LogP contribution < -0.4 is 5.73 Å². The molecule has 1 rings (SSSR count). The van der Waals surface area contributed by atoms with E-state index in [0.29, 0.717) is 0 Å². The zero-order valence-electron chi connectivity index (χ0n) is 7.55. The van der Waals surface area contributed by atoms with Crippen LogP contribution >= 0.6 is 0 Å². The maximum Gasteiger partial charge on any atom is 0.00217 e. The molecule has 0 aromatic carbocycles. The van der Waals surface area contributed by atoms with Gasteiger partial charge in [-0.05, 0) is 44.8 Å². The normalized spacial score (nSPS) is 27.3. The fourth-order valence-electron chi connectivity index (χ4n) is 1.86. The Morgan fingerprint density at radius 1 is 1.55 bits per heavy atom. The number of hydrogen-bond donors (Lipinski definition) is 1. The summed E-state index contributed by atoms with van der Waals surface area (Å²) >= 11 is 0. The van der Waals surface area contributed by atoms with Crippen LogP contribution in [0.1, 0.15) is 26.2 Å². The molecular weight excluding hydrogens is 136 g/mol. The predicted octanol–water partition coefficient (Wildman–Crippen LogP) is 1.07. The van der Waals surface area contributed by atoms with Gasteiger partial charge in [-0.25, -0.2) is 0 Å². The van der Waals surface area contributed by atoms with E-state index in [1.807, 2.05) is 0 Å². The molecule has 0 radical (unpaired) electrons. The maximum atomic E-state index is 5.63. The summed E-state index contributed by atoms with van der Waals surface area (Å²) < 4.78 is 0. The topological polar surface area (TPSA) is 29.3 Å². The van der Waals surface area contributed by atoms with Crippen molar-refractivity contribution in [3.05, 3.63) is 0 Å². The average molecular weight is 156 g/mol. The molecule has 1 heterocycles. The summed E-state index contributed by atoms with van der Waals surface area (Å²) in [4.78, 5) is 2.54. The smallest absolute Gasteiger partial charge is 0.00217 e. The van der Waals surface area contributed by atoms with Gasteiger partial charge >= 0.3 is 0 Å². The lowest BCUT2D eigenvalue weighted by Crippen LogP contribution is -2.38. The third-order valence-electron chi connectivity index (χ3n) is 2.48. The van der Waals surface area contributed by atoms with Gasteiger partial charge < -0.3 is 10.6 Å². The van der Waals surface area contributed by atoms with Gasteiger partial charge in [0.2, 0.25) is 0 Å². The molecule has 1 fully saturated rings. The van der Waals surface area contributed by atoms with Crippen molar-refractivity contribution in [2.75, 3.05) is 26.2 Å². The molecule has 0 aliphatic carbocycles. The molecule has 0 saturated carbocycles. The Labute approximate surface area is 69.8 Å². The van der Waals surface area contributed by atoms with E-state index in [0.717, 1.165) is 12.5 Å². The minimum atomic E-state index is 0.773. The summed E-state index contributed by atoms with van der Waals surface area (Å²) in [6, 6.07) is 0. The molecule has 1 aliphatic rings. The molecule has 1 saturated heterocycles. The summed E-state index contributed by atoms with van der Waals surface area (Å²) in [5, 5.41) is 0. The minimum Gasteiger partial charge on any atom is -0.330 e. The van der Waals surface area contributed by atoms with Crippen LogP contribution in [0.5, 0.6) is 0 Å². The summed E-state index contributed by atoms with van der Waals surface area (Å²) in [6.45, 7) is 6.91. The van der Waals surface area contributed by atoms with Crippen LogP contribution in [-0.2, 0) is 0 Å². The first kappa shape index (κ1) is 9.01. The van der Waals surface area contributed by atoms with Crippen LogP contribution in [0.15, 0.2) is 0 Å². The van der Waals surface area contributed by atoms with Crippen molar-refractivity contribution in [2.45, 2.75) is 26.2 Å². The number of hydrogen-bond acceptors (Lipinski definition) is 2. The van der Waals surface area contributed by atoms with Gasteiger partial charge in [0, 0.05) is 6.54 Å². The van der Waals surface area contributed by atoms with Crippen molar-refractivity contribution in [1.29, 1.82) is 0 Å². The zero-order chi connectivity index (χ0) is 8.10. The molecule has 1 aliphatic heterocycles. The molecule has 0 bridgehead atoms. The van der Waals surface area contributed by atoms with Crippen LogP contribution in [0.3, 0.4) is 0 Å². The van der Waals surface area contributed by atoms with Crippen molar-refractivity contribution in [2.24, 2.45) is 11.7 Å². The fraction of sp³-hybridized carbons (Fsp3) is 1.00. The summed E-state index contributed by atoms with van der Waals surface area (Å²) in [7, 11) is 0. The molecule has 2 N–H and O–H groups in total. The highest BCUT2D eigenvalue weighted by Gasteiger charge is 2.17. The number of nitrogens with zero attached hydrogens (tertiary/aromatic N) is 1. The molecule has 2 nitrogen and oxygen atoms in total. The Morgan fingerprint density at radius 2 is 2.36 bits per heavy atom. The van der Waals surface area contributed by atoms with Gasteiger partial charge in [-0.15, -0.1) is 0 Å². The first-order valence-corrected chi connectivity index (χ1v) is 4.79. The van der Waals surface area contributed by atoms with Crippen molar-refractivity contribution in [3.8, 4) is 0 Å². The van der Waals surface area contributed by atoms with Crippen molar-refractivity contribution in [1.82, 2.24) is 4.90 Å². The van der Waals surface area contributed by atoms with E-state index in [9.17, 15) is 0 Å². The first-order valence-electron chi connectivity index (χ1n) is 4.79. The van der Waals surface area contributed by atoms with E-state index in [1.165, 1.54) is 38.9 Å². The molecule has 2 heteroatoms. The fourth-order valence-corrected chi connectivity index (χ4v) is 1.86. The lowest BCUT2D eigenvalue weighted by Gasteiger charge is -2.31. The first-order chi connectivity index (χ1) is 5.36. The second kappa shape index (κ2) is 4.73. The number of nitrogens with two attached hydrogens (primary N) is 1. The van der Waals surface area contributed by atoms with E-state index < -0.39 is 0 Å². The van der Waals surface area contributed by atoms with E-state index in [2.05, 4.69) is 11.8 Å². The summed E-state index contributed by atoms with van der Waals surface area (Å²) in [6.07, 6.45) is 3.97. The van der Waals surface area contributed by atoms with Gasteiger partial charge in [0.25, 0.3) is 0 Å². The van der Waals surface area contributed by atoms with E-state index >= 15 is 0 Å². The van der Waals surface area contributed by atoms with Gasteiger partial charge in [-0.1, -0.05) is 6.92 Å². The zero-order valence-corrected chi connectivity index (χ0v) is 7.55. The molecule has 1 atom stereocenters. The summed E-state index contributed by atoms with van der Waals surface area (Å²) in [5.41, 5.74) is 5.63. The van der Waals surface area contributed by atoms with Gasteiger partial charge in [0.15, 0.2) is 0 Å². The Hall–Kier alpha value is -0.0800. The highest BCUT2D eigenvalue weighted by Crippen LogP contribution is 2.14. The second-order valence-corrected chi connectivity index (χ2v) is 3.54. The third-order valence-corrected chi connectivity index (χ3v) is 2.48. The molecule has 66 valence electrons. The van der Waals surface area contributed by atoms with Gasteiger partial charge in [-0.2, -0.15) is 0 Å². The SMILES string of the molecule is CCCN1CCC[C@@H](CN)C1. The monoisotopic (exact) mass is 156 g/mol. The standard InChI is InChI=1S/C9H20N2/c1-2-5-11-6-3-4-9(7-10)8-11/h9H,2-8,10H2,1H3/t9-/m0/s1. The highest BCUT2D eigenvalue weighted by molar-refractivity contribution is 4.72. The van der Waals surface area contributed by atoms with Crippen LogP contribution in [0.25, 0.3) is 0 Å². The predicted molar refractivity (Wildman–Crippen MR) is 48.5 cm³/mol. The van der Waals surface area contributed by atoms with Crippen LogP contribution in [0.2, 0.25) is 0 Å². The maximum absolute atomic E-state index is 5.63. The Morgan fingerprint density at radius 3 is 3.00 bits per heavy atom. The number of likely N-dealkylation sites (tertiary alicyclic amines) is 1. The minimum absolute atomic E-state index is 0.773. The molecular formula is C9H20N2. The Kier molecular flexibility index (Phi) is 3.87. The molecule has 0 amide bonds. The molecule has 0 aromatic heterocycles. The molecule has 0 spiro atoms. The van der Waals surface area contributed by atoms with E-state index in [4.69, 9.17) is 5.73 Å². The highest BCUT2D eigenvalue weighted by atomic mass is 15.1. The lowest BCUT2D eigenvalue weighted by molar-refractivity contribution is 0.178. The Bertz CT molecular complexity index is 102. The van der Waals surface area contributed by atoms with Crippen LogP contribution in [0.4, 0.5) is 0 Å². The lowest BCUT2D eigenvalue weighted by atomic mass is 9.98. The van der Waals surface area contributed by atoms with Gasteiger partial charge in [0.05, 0.1) is 0 Å². The number of rotatable bonds is 3. The largest absolute Gasteiger partial charge is 0.330 e. The third kappa shape index (κ3) is 2.80. The summed E-state index contributed by atoms with van der Waals surface area (Å²) in [5.74, 6) is 0.773. The van der Waals surface area contributed by atoms with Crippen molar-refractivity contribution < 1.29 is 0 Å². The van der Waals surface area contributed by atoms with E-state index in [-0.39, 0.29) is 0 Å². The Balaban J connectivity index is 2.21. The van der Waals surface area contributed by atoms with Crippen molar-refractivity contribution in [3.63, 3.8) is 0 Å². The molecule has 11 heavy (non-hydrogen) atoms. The number of piperidine rings is 1. The average Bonchev–Trinajstić information content (AvgIpc) is 2.06. The van der Waals surface area contributed by atoms with Crippen LogP contribution in [-0.4, -0.2) is 31.1 Å².